The first-order valence-electron chi connectivity index (χ1n) is 4.60. The summed E-state index contributed by atoms with van der Waals surface area (Å²) in [5, 5.41) is 0. The fourth-order valence-corrected chi connectivity index (χ4v) is 1.83. The molecule has 1 heterocycles. The van der Waals surface area contributed by atoms with Crippen molar-refractivity contribution in [2.24, 2.45) is 5.73 Å². The highest BCUT2D eigenvalue weighted by Crippen LogP contribution is 2.36. The summed E-state index contributed by atoms with van der Waals surface area (Å²) in [5.74, 6) is 0.398. The number of nitrogens with two attached hydrogens (primary N) is 1. The van der Waals surface area contributed by atoms with Gasteiger partial charge in [0.2, 0.25) is 5.91 Å². The average Bonchev–Trinajstić information content (AvgIpc) is 2.36. The van der Waals surface area contributed by atoms with Crippen LogP contribution in [0.2, 0.25) is 0 Å². The van der Waals surface area contributed by atoms with Gasteiger partial charge in [0.15, 0.2) is 0 Å². The molecule has 1 aliphatic rings. The smallest absolute Gasteiger partial charge is 0.249 e. The third-order valence-electron chi connectivity index (χ3n) is 2.39. The highest BCUT2D eigenvalue weighted by Gasteiger charge is 2.32. The van der Waals surface area contributed by atoms with E-state index in [4.69, 9.17) is 10.5 Å². The van der Waals surface area contributed by atoms with Gasteiger partial charge in [0.05, 0.1) is 0 Å². The Kier molecular flexibility index (Phi) is 1.77. The van der Waals surface area contributed by atoms with E-state index in [9.17, 15) is 4.79 Å². The molecule has 0 saturated carbocycles. The van der Waals surface area contributed by atoms with E-state index in [2.05, 4.69) is 0 Å². The number of rotatable bonds is 1. The molecule has 1 aromatic carbocycles. The number of primary amides is 1. The minimum Gasteiger partial charge on any atom is -0.487 e. The first-order chi connectivity index (χ1) is 6.49. The molecule has 0 aliphatic carbocycles. The van der Waals surface area contributed by atoms with Gasteiger partial charge in [-0.2, -0.15) is 0 Å². The van der Waals surface area contributed by atoms with Crippen LogP contribution in [-0.2, 0) is 6.42 Å². The number of ether oxygens (including phenoxy) is 1. The topological polar surface area (TPSA) is 52.3 Å². The average molecular weight is 191 g/mol. The number of hydrogen-bond donors (Lipinski definition) is 1. The van der Waals surface area contributed by atoms with Crippen molar-refractivity contribution in [3.63, 3.8) is 0 Å². The van der Waals surface area contributed by atoms with Gasteiger partial charge in [-0.15, -0.1) is 0 Å². The van der Waals surface area contributed by atoms with Crippen LogP contribution in [0, 0.1) is 0 Å². The monoisotopic (exact) mass is 191 g/mol. The van der Waals surface area contributed by atoms with Gasteiger partial charge >= 0.3 is 0 Å². The fourth-order valence-electron chi connectivity index (χ4n) is 1.83. The van der Waals surface area contributed by atoms with E-state index >= 15 is 0 Å². The summed E-state index contributed by atoms with van der Waals surface area (Å²) in [6.07, 6.45) is 0.738. The maximum atomic E-state index is 11.1. The highest BCUT2D eigenvalue weighted by atomic mass is 16.5. The molecule has 0 spiro atoms. The van der Waals surface area contributed by atoms with Crippen LogP contribution in [0.4, 0.5) is 0 Å². The van der Waals surface area contributed by atoms with Gasteiger partial charge < -0.3 is 10.5 Å². The summed E-state index contributed by atoms with van der Waals surface area (Å²) in [5.41, 5.74) is 6.56. The Morgan fingerprint density at radius 3 is 2.86 bits per heavy atom. The van der Waals surface area contributed by atoms with Crippen molar-refractivity contribution in [1.82, 2.24) is 0 Å². The zero-order valence-corrected chi connectivity index (χ0v) is 8.33. The van der Waals surface area contributed by atoms with Crippen LogP contribution < -0.4 is 10.5 Å². The quantitative estimate of drug-likeness (QED) is 0.731. The molecule has 1 aromatic rings. The summed E-state index contributed by atoms with van der Waals surface area (Å²) < 4.78 is 5.68. The molecule has 74 valence electrons. The second-order valence-electron chi connectivity index (χ2n) is 4.19. The number of fused-ring (bicyclic) bond motifs is 1. The van der Waals surface area contributed by atoms with E-state index in [1.165, 1.54) is 0 Å². The van der Waals surface area contributed by atoms with Gasteiger partial charge in [-0.25, -0.2) is 0 Å². The van der Waals surface area contributed by atoms with Crippen molar-refractivity contribution in [1.29, 1.82) is 0 Å². The summed E-state index contributed by atoms with van der Waals surface area (Å²) >= 11 is 0. The van der Waals surface area contributed by atoms with Gasteiger partial charge in [0.1, 0.15) is 11.4 Å². The van der Waals surface area contributed by atoms with E-state index in [1.807, 2.05) is 19.9 Å². The number of hydrogen-bond acceptors (Lipinski definition) is 2. The van der Waals surface area contributed by atoms with Crippen molar-refractivity contribution >= 4 is 5.91 Å². The van der Waals surface area contributed by atoms with Crippen LogP contribution in [0.1, 0.15) is 29.8 Å². The number of amides is 1. The Morgan fingerprint density at radius 2 is 2.21 bits per heavy atom. The predicted octanol–water partition coefficient (Wildman–Crippen LogP) is 1.50. The van der Waals surface area contributed by atoms with E-state index in [1.54, 1.807) is 12.1 Å². The molecule has 3 nitrogen and oxygen atoms in total. The van der Waals surface area contributed by atoms with Crippen LogP contribution in [-0.4, -0.2) is 11.5 Å². The molecule has 0 radical (unpaired) electrons. The lowest BCUT2D eigenvalue weighted by Crippen LogP contribution is -2.25. The van der Waals surface area contributed by atoms with Gasteiger partial charge in [-0.05, 0) is 26.0 Å². The number of benzene rings is 1. The van der Waals surface area contributed by atoms with Crippen LogP contribution in [0.3, 0.4) is 0 Å². The minimum atomic E-state index is -0.386. The third kappa shape index (κ3) is 1.35. The molecule has 1 aliphatic heterocycles. The molecule has 0 atom stereocenters. The number of carbonyl (C=O) groups excluding carboxylic acids is 1. The molecule has 3 heteroatoms. The largest absolute Gasteiger partial charge is 0.487 e. The lowest BCUT2D eigenvalue weighted by atomic mass is 9.97. The van der Waals surface area contributed by atoms with Crippen molar-refractivity contribution in [2.45, 2.75) is 25.9 Å². The normalized spacial score (nSPS) is 17.3. The maximum Gasteiger partial charge on any atom is 0.249 e. The minimum absolute atomic E-state index is 0.228. The third-order valence-corrected chi connectivity index (χ3v) is 2.39. The van der Waals surface area contributed by atoms with Crippen LogP contribution in [0.5, 0.6) is 5.75 Å². The standard InChI is InChI=1S/C11H13NO2/c1-11(2)6-8-7(10(12)13)4-3-5-9(8)14-11/h3-5H,6H2,1-2H3,(H2,12,13). The lowest BCUT2D eigenvalue weighted by Gasteiger charge is -2.16. The second-order valence-corrected chi connectivity index (χ2v) is 4.19. The zero-order chi connectivity index (χ0) is 10.3. The molecular formula is C11H13NO2. The summed E-state index contributed by atoms with van der Waals surface area (Å²) in [7, 11) is 0. The summed E-state index contributed by atoms with van der Waals surface area (Å²) in [6.45, 7) is 4.00. The molecular weight excluding hydrogens is 178 g/mol. The molecule has 0 unspecified atom stereocenters. The van der Waals surface area contributed by atoms with Gasteiger partial charge in [-0.3, -0.25) is 4.79 Å². The molecule has 0 bridgehead atoms. The van der Waals surface area contributed by atoms with Crippen molar-refractivity contribution in [3.05, 3.63) is 29.3 Å². The predicted molar refractivity (Wildman–Crippen MR) is 53.4 cm³/mol. The Bertz CT molecular complexity index is 396. The summed E-state index contributed by atoms with van der Waals surface area (Å²) in [6, 6.07) is 5.41. The molecule has 0 fully saturated rings. The van der Waals surface area contributed by atoms with Crippen LogP contribution in [0.25, 0.3) is 0 Å². The Balaban J connectivity index is 2.52. The summed E-state index contributed by atoms with van der Waals surface area (Å²) in [4.78, 5) is 11.1. The highest BCUT2D eigenvalue weighted by molar-refractivity contribution is 5.95. The van der Waals surface area contributed by atoms with E-state index in [-0.39, 0.29) is 11.5 Å². The number of carbonyl (C=O) groups is 1. The van der Waals surface area contributed by atoms with E-state index in [0.717, 1.165) is 17.7 Å². The molecule has 0 aromatic heterocycles. The van der Waals surface area contributed by atoms with Gasteiger partial charge in [0, 0.05) is 17.5 Å². The first kappa shape index (κ1) is 9.06. The van der Waals surface area contributed by atoms with Gasteiger partial charge in [-0.1, -0.05) is 6.07 Å². The molecule has 0 saturated heterocycles. The second kappa shape index (κ2) is 2.74. The van der Waals surface area contributed by atoms with Crippen molar-refractivity contribution in [2.75, 3.05) is 0 Å². The van der Waals surface area contributed by atoms with Gasteiger partial charge in [0.25, 0.3) is 0 Å². The van der Waals surface area contributed by atoms with Crippen molar-refractivity contribution in [3.8, 4) is 5.75 Å². The maximum absolute atomic E-state index is 11.1. The SMILES string of the molecule is CC1(C)Cc2c(cccc2C(N)=O)O1. The van der Waals surface area contributed by atoms with Crippen LogP contribution in [0.15, 0.2) is 18.2 Å². The Morgan fingerprint density at radius 1 is 1.50 bits per heavy atom. The van der Waals surface area contributed by atoms with E-state index in [0.29, 0.717) is 5.56 Å². The molecule has 14 heavy (non-hydrogen) atoms. The van der Waals surface area contributed by atoms with Crippen LogP contribution >= 0.6 is 0 Å². The van der Waals surface area contributed by atoms with Crippen molar-refractivity contribution < 1.29 is 9.53 Å². The molecule has 2 rings (SSSR count). The van der Waals surface area contributed by atoms with E-state index < -0.39 is 0 Å². The Hall–Kier alpha value is -1.51. The first-order valence-corrected chi connectivity index (χ1v) is 4.60. The molecule has 2 N–H and O–H groups in total. The molecule has 1 amide bonds. The fraction of sp³-hybridized carbons (Fsp3) is 0.364. The zero-order valence-electron chi connectivity index (χ0n) is 8.33. The lowest BCUT2D eigenvalue weighted by molar-refractivity contribution is 0.0999. The Labute approximate surface area is 82.9 Å².